The average Bonchev–Trinajstić information content (AvgIpc) is 3.25. The number of aromatic nitrogens is 2. The van der Waals surface area contributed by atoms with Gasteiger partial charge in [0.15, 0.2) is 6.33 Å². The molecule has 2 aromatic carbocycles. The van der Waals surface area contributed by atoms with E-state index in [1.807, 2.05) is 62.4 Å². The molecule has 0 aliphatic heterocycles. The highest BCUT2D eigenvalue weighted by atomic mass is 16.5. The van der Waals surface area contributed by atoms with Gasteiger partial charge in [-0.15, -0.1) is 0 Å². The van der Waals surface area contributed by atoms with Crippen LogP contribution in [0.1, 0.15) is 42.0 Å². The zero-order valence-corrected chi connectivity index (χ0v) is 16.3. The van der Waals surface area contributed by atoms with Crippen LogP contribution in [0.15, 0.2) is 59.4 Å². The Labute approximate surface area is 164 Å². The van der Waals surface area contributed by atoms with Gasteiger partial charge in [0.2, 0.25) is 6.10 Å². The summed E-state index contributed by atoms with van der Waals surface area (Å²) in [5.74, 6) is 0.750. The summed E-state index contributed by atoms with van der Waals surface area (Å²) in [7, 11) is 1.42. The summed E-state index contributed by atoms with van der Waals surface area (Å²) in [6.07, 6.45) is 2.24. The summed E-state index contributed by atoms with van der Waals surface area (Å²) >= 11 is 0. The van der Waals surface area contributed by atoms with Crippen LogP contribution in [0, 0.1) is 12.8 Å². The quantitative estimate of drug-likeness (QED) is 0.543. The Bertz CT molecular complexity index is 891. The number of hydrogen-bond donors (Lipinski definition) is 0. The molecule has 0 saturated carbocycles. The van der Waals surface area contributed by atoms with Crippen LogP contribution in [0.25, 0.3) is 0 Å². The molecule has 0 fully saturated rings. The second-order valence-electron chi connectivity index (χ2n) is 6.67. The summed E-state index contributed by atoms with van der Waals surface area (Å²) in [6, 6.07) is 15.7. The Morgan fingerprint density at radius 1 is 1.18 bits per heavy atom. The Morgan fingerprint density at radius 2 is 1.96 bits per heavy atom. The van der Waals surface area contributed by atoms with Crippen molar-refractivity contribution < 1.29 is 18.8 Å². The van der Waals surface area contributed by atoms with E-state index in [9.17, 15) is 4.79 Å². The smallest absolute Gasteiger partial charge is 0.308 e. The highest BCUT2D eigenvalue weighted by Crippen LogP contribution is 2.28. The monoisotopic (exact) mass is 380 g/mol. The second-order valence-corrected chi connectivity index (χ2v) is 6.67. The van der Waals surface area contributed by atoms with Crippen LogP contribution >= 0.6 is 0 Å². The van der Waals surface area contributed by atoms with E-state index in [0.717, 1.165) is 23.1 Å². The maximum absolute atomic E-state index is 11.8. The molecule has 0 aliphatic carbocycles. The molecule has 0 amide bonds. The molecule has 3 aromatic rings. The zero-order valence-electron chi connectivity index (χ0n) is 16.3. The zero-order chi connectivity index (χ0) is 19.9. The molecule has 0 N–H and O–H groups in total. The van der Waals surface area contributed by atoms with Crippen molar-refractivity contribution in [1.29, 1.82) is 0 Å². The normalized spacial score (nSPS) is 13.0. The van der Waals surface area contributed by atoms with Crippen molar-refractivity contribution >= 4 is 5.97 Å². The number of ether oxygens (including phenoxy) is 2. The van der Waals surface area contributed by atoms with Crippen molar-refractivity contribution in [3.8, 4) is 5.75 Å². The molecular formula is C22H24N2O4. The first-order valence-corrected chi connectivity index (χ1v) is 9.27. The van der Waals surface area contributed by atoms with E-state index < -0.39 is 6.10 Å². The summed E-state index contributed by atoms with van der Waals surface area (Å²) in [6.45, 7) is 4.00. The summed E-state index contributed by atoms with van der Waals surface area (Å²) < 4.78 is 16.3. The van der Waals surface area contributed by atoms with E-state index in [4.69, 9.17) is 14.0 Å². The predicted octanol–water partition coefficient (Wildman–Crippen LogP) is 4.29. The van der Waals surface area contributed by atoms with Crippen LogP contribution in [0.3, 0.4) is 0 Å². The van der Waals surface area contributed by atoms with E-state index in [0.29, 0.717) is 18.1 Å². The van der Waals surface area contributed by atoms with Gasteiger partial charge in [0, 0.05) is 5.56 Å². The van der Waals surface area contributed by atoms with Gasteiger partial charge in [0.1, 0.15) is 5.75 Å². The summed E-state index contributed by atoms with van der Waals surface area (Å²) in [5, 5.41) is 3.70. The maximum atomic E-state index is 11.8. The summed E-state index contributed by atoms with van der Waals surface area (Å²) in [4.78, 5) is 16.0. The van der Waals surface area contributed by atoms with Crippen LogP contribution in [0.5, 0.6) is 5.75 Å². The van der Waals surface area contributed by atoms with Crippen LogP contribution in [-0.2, 0) is 16.0 Å². The van der Waals surface area contributed by atoms with Crippen molar-refractivity contribution in [3.63, 3.8) is 0 Å². The van der Waals surface area contributed by atoms with Crippen molar-refractivity contribution in [2.75, 3.05) is 7.11 Å². The van der Waals surface area contributed by atoms with E-state index in [2.05, 4.69) is 10.1 Å². The number of rotatable bonds is 8. The molecule has 1 aromatic heterocycles. The van der Waals surface area contributed by atoms with Gasteiger partial charge in [0.05, 0.1) is 13.0 Å². The number of carbonyl (C=O) groups is 1. The van der Waals surface area contributed by atoms with Crippen LogP contribution in [0.2, 0.25) is 0 Å². The van der Waals surface area contributed by atoms with Gasteiger partial charge in [-0.2, -0.15) is 4.98 Å². The van der Waals surface area contributed by atoms with Gasteiger partial charge in [-0.25, -0.2) is 0 Å². The first-order valence-electron chi connectivity index (χ1n) is 9.27. The van der Waals surface area contributed by atoms with E-state index >= 15 is 0 Å². The largest absolute Gasteiger partial charge is 0.476 e. The van der Waals surface area contributed by atoms with Gasteiger partial charge < -0.3 is 14.0 Å². The highest BCUT2D eigenvalue weighted by Gasteiger charge is 2.22. The standard InChI is InChI=1S/C22H24N2O4/c1-4-17(22(25)26-3)13-16-8-10-19(11-9-16)27-20(21-23-14-24-28-21)18-7-5-6-15(2)12-18/h5-12,14,17,20H,4,13H2,1-3H3. The molecule has 0 aliphatic rings. The molecule has 3 rings (SSSR count). The van der Waals surface area contributed by atoms with Gasteiger partial charge in [-0.3, -0.25) is 4.79 Å². The lowest BCUT2D eigenvalue weighted by molar-refractivity contribution is -0.145. The van der Waals surface area contributed by atoms with Crippen LogP contribution < -0.4 is 4.74 Å². The average molecular weight is 380 g/mol. The van der Waals surface area contributed by atoms with Gasteiger partial charge in [-0.1, -0.05) is 54.0 Å². The lowest BCUT2D eigenvalue weighted by Crippen LogP contribution is -2.17. The molecule has 0 saturated heterocycles. The molecule has 1 heterocycles. The lowest BCUT2D eigenvalue weighted by atomic mass is 9.97. The first kappa shape index (κ1) is 19.6. The van der Waals surface area contributed by atoms with Crippen molar-refractivity contribution in [1.82, 2.24) is 10.1 Å². The molecule has 6 nitrogen and oxygen atoms in total. The Balaban J connectivity index is 1.77. The fourth-order valence-corrected chi connectivity index (χ4v) is 3.08. The van der Waals surface area contributed by atoms with E-state index in [1.54, 1.807) is 0 Å². The van der Waals surface area contributed by atoms with E-state index in [1.165, 1.54) is 13.4 Å². The molecule has 0 bridgehead atoms. The number of esters is 1. The maximum Gasteiger partial charge on any atom is 0.308 e. The third-order valence-corrected chi connectivity index (χ3v) is 4.63. The number of hydrogen-bond acceptors (Lipinski definition) is 6. The molecule has 2 atom stereocenters. The first-order chi connectivity index (χ1) is 13.6. The number of nitrogens with zero attached hydrogens (tertiary/aromatic N) is 2. The minimum Gasteiger partial charge on any atom is -0.476 e. The number of aryl methyl sites for hydroxylation is 1. The fraction of sp³-hybridized carbons (Fsp3) is 0.318. The number of carbonyl (C=O) groups excluding carboxylic acids is 1. The van der Waals surface area contributed by atoms with Gasteiger partial charge >= 0.3 is 5.97 Å². The fourth-order valence-electron chi connectivity index (χ4n) is 3.08. The molecule has 2 unspecified atom stereocenters. The van der Waals surface area contributed by atoms with Crippen molar-refractivity contribution in [2.24, 2.45) is 5.92 Å². The number of methoxy groups -OCH3 is 1. The van der Waals surface area contributed by atoms with Crippen molar-refractivity contribution in [2.45, 2.75) is 32.8 Å². The Hall–Kier alpha value is -3.15. The predicted molar refractivity (Wildman–Crippen MR) is 104 cm³/mol. The second kappa shape index (κ2) is 9.17. The minimum absolute atomic E-state index is 0.143. The van der Waals surface area contributed by atoms with E-state index in [-0.39, 0.29) is 11.9 Å². The Morgan fingerprint density at radius 3 is 2.57 bits per heavy atom. The molecule has 146 valence electrons. The van der Waals surface area contributed by atoms with Gasteiger partial charge in [0.25, 0.3) is 5.89 Å². The third kappa shape index (κ3) is 4.76. The van der Waals surface area contributed by atoms with Crippen LogP contribution in [0.4, 0.5) is 0 Å². The third-order valence-electron chi connectivity index (χ3n) is 4.63. The molecule has 0 radical (unpaired) electrons. The number of benzene rings is 2. The molecule has 28 heavy (non-hydrogen) atoms. The van der Waals surface area contributed by atoms with Crippen molar-refractivity contribution in [3.05, 3.63) is 77.4 Å². The van der Waals surface area contributed by atoms with Gasteiger partial charge in [-0.05, 0) is 37.5 Å². The SMILES string of the molecule is CCC(Cc1ccc(OC(c2cccc(C)c2)c2ncno2)cc1)C(=O)OC. The molecular weight excluding hydrogens is 356 g/mol. The Kier molecular flexibility index (Phi) is 6.42. The van der Waals surface area contributed by atoms with Crippen LogP contribution in [-0.4, -0.2) is 23.2 Å². The molecule has 6 heteroatoms. The summed E-state index contributed by atoms with van der Waals surface area (Å²) in [5.41, 5.74) is 3.11. The molecule has 0 spiro atoms. The minimum atomic E-state index is -0.494. The highest BCUT2D eigenvalue weighted by molar-refractivity contribution is 5.72. The lowest BCUT2D eigenvalue weighted by Gasteiger charge is -2.17. The topological polar surface area (TPSA) is 74.5 Å².